The molecule has 5 aliphatic rings. The van der Waals surface area contributed by atoms with E-state index in [4.69, 9.17) is 4.74 Å². The highest BCUT2D eigenvalue weighted by molar-refractivity contribution is 5.94. The average Bonchev–Trinajstić information content (AvgIpc) is 3.06. The van der Waals surface area contributed by atoms with E-state index >= 15 is 0 Å². The Morgan fingerprint density at radius 2 is 1.52 bits per heavy atom. The second-order valence-corrected chi connectivity index (χ2v) is 14.6. The lowest BCUT2D eigenvalue weighted by Crippen LogP contribution is -2.51. The zero-order valence-corrected chi connectivity index (χ0v) is 27.6. The van der Waals surface area contributed by atoms with Crippen LogP contribution in [0.5, 0.6) is 5.75 Å². The number of carbonyl (C=O) groups excluding carboxylic acids is 2. The predicted octanol–water partition coefficient (Wildman–Crippen LogP) is 7.32. The molecule has 5 fully saturated rings. The topological polar surface area (TPSA) is 53.1 Å². The van der Waals surface area contributed by atoms with E-state index in [1.54, 1.807) is 0 Å². The third-order valence-electron chi connectivity index (χ3n) is 11.3. The summed E-state index contributed by atoms with van der Waals surface area (Å²) < 4.78 is 5.71. The lowest BCUT2D eigenvalue weighted by molar-refractivity contribution is -0.131. The summed E-state index contributed by atoms with van der Waals surface area (Å²) >= 11 is 0. The molecule has 3 aromatic rings. The van der Waals surface area contributed by atoms with Crippen molar-refractivity contribution in [1.82, 2.24) is 9.80 Å². The van der Waals surface area contributed by atoms with Crippen LogP contribution in [0.25, 0.3) is 11.1 Å². The van der Waals surface area contributed by atoms with Gasteiger partial charge in [-0.2, -0.15) is 0 Å². The standard InChI is InChI=1S/C40H49N3O3/c1-3-46-36-9-6-8-34(24-36)37-10-5-4-7-32(37)13-16-38(44)43-19-17-42(18-20-43)35-14-11-33(12-15-35)39(45)41(2)28-40-25-29-21-30(26-40)23-31(22-29)27-40/h4-12,14-15,24,29-31H,3,13,16-23,25-28H2,1-2H3. The number of anilines is 1. The molecular weight excluding hydrogens is 570 g/mol. The maximum atomic E-state index is 13.4. The van der Waals surface area contributed by atoms with Crippen molar-refractivity contribution in [3.63, 3.8) is 0 Å². The van der Waals surface area contributed by atoms with Crippen LogP contribution in [-0.2, 0) is 11.2 Å². The Kier molecular flexibility index (Phi) is 8.80. The number of amides is 2. The maximum absolute atomic E-state index is 13.4. The summed E-state index contributed by atoms with van der Waals surface area (Å²) in [5.74, 6) is 3.91. The van der Waals surface area contributed by atoms with Gasteiger partial charge in [-0.1, -0.05) is 36.4 Å². The van der Waals surface area contributed by atoms with Crippen LogP contribution in [0.1, 0.15) is 67.8 Å². The van der Waals surface area contributed by atoms with Gasteiger partial charge in [0.1, 0.15) is 5.75 Å². The summed E-state index contributed by atoms with van der Waals surface area (Å²) in [6.07, 6.45) is 9.46. The van der Waals surface area contributed by atoms with E-state index in [1.165, 1.54) is 44.1 Å². The first-order valence-electron chi connectivity index (χ1n) is 17.6. The number of hydrogen-bond donors (Lipinski definition) is 0. The number of aryl methyl sites for hydroxylation is 1. The monoisotopic (exact) mass is 619 g/mol. The number of rotatable bonds is 10. The molecular formula is C40H49N3O3. The minimum absolute atomic E-state index is 0.140. The van der Waals surface area contributed by atoms with Crippen molar-refractivity contribution in [2.45, 2.75) is 58.3 Å². The lowest BCUT2D eigenvalue weighted by atomic mass is 9.49. The molecule has 1 aliphatic heterocycles. The first-order chi connectivity index (χ1) is 22.4. The molecule has 1 heterocycles. The Bertz CT molecular complexity index is 1510. The molecule has 0 atom stereocenters. The van der Waals surface area contributed by atoms with Gasteiger partial charge in [0.2, 0.25) is 5.91 Å². The number of nitrogens with zero attached hydrogens (tertiary/aromatic N) is 3. The molecule has 46 heavy (non-hydrogen) atoms. The molecule has 3 aromatic carbocycles. The van der Waals surface area contributed by atoms with Gasteiger partial charge in [-0.3, -0.25) is 9.59 Å². The van der Waals surface area contributed by atoms with Crippen LogP contribution in [0.3, 0.4) is 0 Å². The third-order valence-corrected chi connectivity index (χ3v) is 11.3. The lowest BCUT2D eigenvalue weighted by Gasteiger charge is -2.57. The average molecular weight is 620 g/mol. The summed E-state index contributed by atoms with van der Waals surface area (Å²) in [6, 6.07) is 24.7. The number of benzene rings is 3. The van der Waals surface area contributed by atoms with Gasteiger partial charge >= 0.3 is 0 Å². The zero-order valence-electron chi connectivity index (χ0n) is 27.6. The molecule has 6 heteroatoms. The smallest absolute Gasteiger partial charge is 0.253 e. The van der Waals surface area contributed by atoms with Crippen molar-refractivity contribution in [2.24, 2.45) is 23.2 Å². The maximum Gasteiger partial charge on any atom is 0.253 e. The molecule has 2 amide bonds. The first kappa shape index (κ1) is 30.8. The minimum Gasteiger partial charge on any atom is -0.494 e. The van der Waals surface area contributed by atoms with Gasteiger partial charge in [0, 0.05) is 57.4 Å². The second-order valence-electron chi connectivity index (χ2n) is 14.6. The quantitative estimate of drug-likeness (QED) is 0.239. The van der Waals surface area contributed by atoms with E-state index in [2.05, 4.69) is 53.4 Å². The highest BCUT2D eigenvalue weighted by atomic mass is 16.5. The molecule has 0 aromatic heterocycles. The van der Waals surface area contributed by atoms with E-state index in [0.717, 1.165) is 65.5 Å². The van der Waals surface area contributed by atoms with E-state index in [1.807, 2.05) is 48.0 Å². The van der Waals surface area contributed by atoms with Gasteiger partial charge < -0.3 is 19.4 Å². The SMILES string of the molecule is CCOc1cccc(-c2ccccc2CCC(=O)N2CCN(c3ccc(C(=O)N(C)CC45CC6CC(CC(C6)C4)C5)cc3)CC2)c1. The molecule has 8 rings (SSSR count). The van der Waals surface area contributed by atoms with Gasteiger partial charge in [-0.25, -0.2) is 0 Å². The summed E-state index contributed by atoms with van der Waals surface area (Å²) in [6.45, 7) is 6.55. The molecule has 0 N–H and O–H groups in total. The molecule has 242 valence electrons. The van der Waals surface area contributed by atoms with E-state index < -0.39 is 0 Å². The number of piperazine rings is 1. The van der Waals surface area contributed by atoms with Gasteiger partial charge in [0.25, 0.3) is 5.91 Å². The normalized spacial score (nSPS) is 25.0. The molecule has 0 unspecified atom stereocenters. The minimum atomic E-state index is 0.140. The molecule has 0 radical (unpaired) electrons. The number of hydrogen-bond acceptors (Lipinski definition) is 4. The van der Waals surface area contributed by atoms with Crippen LogP contribution in [-0.4, -0.2) is 68.0 Å². The molecule has 6 nitrogen and oxygen atoms in total. The highest BCUT2D eigenvalue weighted by Crippen LogP contribution is 2.60. The van der Waals surface area contributed by atoms with Gasteiger partial charge in [0.15, 0.2) is 0 Å². The number of carbonyl (C=O) groups is 2. The summed E-state index contributed by atoms with van der Waals surface area (Å²) in [5, 5.41) is 0. The van der Waals surface area contributed by atoms with Crippen molar-refractivity contribution < 1.29 is 14.3 Å². The van der Waals surface area contributed by atoms with Crippen LogP contribution in [0, 0.1) is 23.2 Å². The Hall–Kier alpha value is -3.80. The highest BCUT2D eigenvalue weighted by Gasteiger charge is 2.51. The first-order valence-corrected chi connectivity index (χ1v) is 17.6. The Morgan fingerprint density at radius 1 is 0.848 bits per heavy atom. The molecule has 0 spiro atoms. The van der Waals surface area contributed by atoms with Crippen molar-refractivity contribution in [1.29, 1.82) is 0 Å². The van der Waals surface area contributed by atoms with E-state index in [-0.39, 0.29) is 11.8 Å². The Labute approximate surface area is 274 Å². The van der Waals surface area contributed by atoms with Gasteiger partial charge in [0.05, 0.1) is 6.61 Å². The molecule has 4 bridgehead atoms. The molecule has 1 saturated heterocycles. The summed E-state index contributed by atoms with van der Waals surface area (Å²) in [4.78, 5) is 33.0. The Morgan fingerprint density at radius 3 is 2.20 bits per heavy atom. The largest absolute Gasteiger partial charge is 0.494 e. The summed E-state index contributed by atoms with van der Waals surface area (Å²) in [5.41, 5.74) is 5.70. The fraction of sp³-hybridized carbons (Fsp3) is 0.500. The fourth-order valence-electron chi connectivity index (χ4n) is 9.65. The zero-order chi connectivity index (χ0) is 31.7. The van der Waals surface area contributed by atoms with Crippen molar-refractivity contribution in [3.8, 4) is 16.9 Å². The molecule has 4 aliphatic carbocycles. The van der Waals surface area contributed by atoms with Crippen LogP contribution in [0.15, 0.2) is 72.8 Å². The van der Waals surface area contributed by atoms with E-state index in [9.17, 15) is 9.59 Å². The molecule has 4 saturated carbocycles. The van der Waals surface area contributed by atoms with Crippen molar-refractivity contribution >= 4 is 17.5 Å². The van der Waals surface area contributed by atoms with Crippen LogP contribution < -0.4 is 9.64 Å². The van der Waals surface area contributed by atoms with Crippen LogP contribution in [0.2, 0.25) is 0 Å². The Balaban J connectivity index is 0.903. The predicted molar refractivity (Wildman–Crippen MR) is 184 cm³/mol. The van der Waals surface area contributed by atoms with Crippen molar-refractivity contribution in [2.75, 3.05) is 51.3 Å². The number of ether oxygens (including phenoxy) is 1. The van der Waals surface area contributed by atoms with E-state index in [0.29, 0.717) is 38.0 Å². The van der Waals surface area contributed by atoms with Gasteiger partial charge in [-0.05, 0) is 128 Å². The third kappa shape index (κ3) is 6.54. The second kappa shape index (κ2) is 13.1. The van der Waals surface area contributed by atoms with Gasteiger partial charge in [-0.15, -0.1) is 0 Å². The van der Waals surface area contributed by atoms with Crippen LogP contribution >= 0.6 is 0 Å². The van der Waals surface area contributed by atoms with Crippen molar-refractivity contribution in [3.05, 3.63) is 83.9 Å². The summed E-state index contributed by atoms with van der Waals surface area (Å²) in [7, 11) is 2.00. The fourth-order valence-corrected chi connectivity index (χ4v) is 9.65. The van der Waals surface area contributed by atoms with Crippen LogP contribution in [0.4, 0.5) is 5.69 Å².